The molecule has 0 saturated heterocycles. The molecule has 0 radical (unpaired) electrons. The zero-order chi connectivity index (χ0) is 14.3. The summed E-state index contributed by atoms with van der Waals surface area (Å²) in [5.74, 6) is 0. The van der Waals surface area contributed by atoms with Gasteiger partial charge in [-0.2, -0.15) is 0 Å². The number of aliphatic hydroxyl groups is 1. The van der Waals surface area contributed by atoms with Crippen molar-refractivity contribution in [3.63, 3.8) is 0 Å². The van der Waals surface area contributed by atoms with Crippen LogP contribution in [0.1, 0.15) is 13.8 Å². The highest BCUT2D eigenvalue weighted by atomic mass is 35.5. The Morgan fingerprint density at radius 1 is 1.37 bits per heavy atom. The summed E-state index contributed by atoms with van der Waals surface area (Å²) in [6.45, 7) is 4.27. The number of halogens is 1. The zero-order valence-electron chi connectivity index (χ0n) is 11.0. The van der Waals surface area contributed by atoms with Crippen LogP contribution in [-0.2, 0) is 4.74 Å². The van der Waals surface area contributed by atoms with E-state index in [1.54, 1.807) is 24.3 Å². The molecule has 19 heavy (non-hydrogen) atoms. The summed E-state index contributed by atoms with van der Waals surface area (Å²) in [5, 5.41) is 15.7. The Bertz CT molecular complexity index is 395. The van der Waals surface area contributed by atoms with Gasteiger partial charge >= 0.3 is 6.09 Å². The van der Waals surface area contributed by atoms with Gasteiger partial charge in [-0.15, -0.1) is 0 Å². The van der Waals surface area contributed by atoms with E-state index in [1.165, 1.54) is 0 Å². The Morgan fingerprint density at radius 3 is 2.58 bits per heavy atom. The van der Waals surface area contributed by atoms with Gasteiger partial charge in [-0.3, -0.25) is 5.32 Å². The van der Waals surface area contributed by atoms with Crippen molar-refractivity contribution in [1.82, 2.24) is 5.32 Å². The van der Waals surface area contributed by atoms with Crippen molar-refractivity contribution in [2.45, 2.75) is 26.0 Å². The number of aliphatic hydroxyl groups excluding tert-OH is 1. The lowest BCUT2D eigenvalue weighted by molar-refractivity contribution is 0.0739. The first-order valence-corrected chi connectivity index (χ1v) is 6.46. The third kappa shape index (κ3) is 7.00. The molecule has 1 aromatic rings. The molecule has 0 aliphatic rings. The maximum Gasteiger partial charge on any atom is 0.411 e. The SMILES string of the molecule is CC(C)NCC(O)COC(=O)Nc1ccc(Cl)cc1. The van der Waals surface area contributed by atoms with Crippen molar-refractivity contribution in [2.75, 3.05) is 18.5 Å². The molecule has 106 valence electrons. The molecule has 1 amide bonds. The van der Waals surface area contributed by atoms with Gasteiger partial charge in [-0.1, -0.05) is 25.4 Å². The van der Waals surface area contributed by atoms with Gasteiger partial charge in [0.05, 0.1) is 0 Å². The predicted molar refractivity (Wildman–Crippen MR) is 75.6 cm³/mol. The standard InChI is InChI=1S/C13H19ClN2O3/c1-9(2)15-7-12(17)8-19-13(18)16-11-5-3-10(14)4-6-11/h3-6,9,12,15,17H,7-8H2,1-2H3,(H,16,18). The number of nitrogens with one attached hydrogen (secondary N) is 2. The molecule has 1 unspecified atom stereocenters. The fourth-order valence-electron chi connectivity index (χ4n) is 1.29. The first-order chi connectivity index (χ1) is 8.97. The Labute approximate surface area is 117 Å². The topological polar surface area (TPSA) is 70.6 Å². The highest BCUT2D eigenvalue weighted by Crippen LogP contribution is 2.13. The molecular weight excluding hydrogens is 268 g/mol. The van der Waals surface area contributed by atoms with E-state index in [0.717, 1.165) is 0 Å². The van der Waals surface area contributed by atoms with E-state index >= 15 is 0 Å². The second kappa shape index (κ2) is 7.99. The first kappa shape index (κ1) is 15.8. The Morgan fingerprint density at radius 2 is 2.00 bits per heavy atom. The molecule has 0 aliphatic heterocycles. The van der Waals surface area contributed by atoms with Crippen LogP contribution in [0.4, 0.5) is 10.5 Å². The highest BCUT2D eigenvalue weighted by Gasteiger charge is 2.09. The van der Waals surface area contributed by atoms with Crippen molar-refractivity contribution in [1.29, 1.82) is 0 Å². The van der Waals surface area contributed by atoms with Gasteiger partial charge in [0, 0.05) is 23.3 Å². The minimum Gasteiger partial charge on any atom is -0.447 e. The van der Waals surface area contributed by atoms with Gasteiger partial charge in [0.2, 0.25) is 0 Å². The zero-order valence-corrected chi connectivity index (χ0v) is 11.8. The number of hydrogen-bond donors (Lipinski definition) is 3. The summed E-state index contributed by atoms with van der Waals surface area (Å²) in [4.78, 5) is 11.4. The Kier molecular flexibility index (Phi) is 6.62. The van der Waals surface area contributed by atoms with Crippen LogP contribution in [0, 0.1) is 0 Å². The lowest BCUT2D eigenvalue weighted by Crippen LogP contribution is -2.35. The minimum absolute atomic E-state index is 0.0564. The summed E-state index contributed by atoms with van der Waals surface area (Å²) in [6.07, 6.45) is -1.33. The first-order valence-electron chi connectivity index (χ1n) is 6.08. The van der Waals surface area contributed by atoms with E-state index in [2.05, 4.69) is 10.6 Å². The smallest absolute Gasteiger partial charge is 0.411 e. The fourth-order valence-corrected chi connectivity index (χ4v) is 1.42. The van der Waals surface area contributed by atoms with Crippen molar-refractivity contribution in [2.24, 2.45) is 0 Å². The average molecular weight is 287 g/mol. The molecule has 3 N–H and O–H groups in total. The van der Waals surface area contributed by atoms with Gasteiger partial charge < -0.3 is 15.2 Å². The molecule has 6 heteroatoms. The summed E-state index contributed by atoms with van der Waals surface area (Å²) in [6, 6.07) is 6.94. The molecule has 1 rings (SSSR count). The van der Waals surface area contributed by atoms with Crippen molar-refractivity contribution in [3.05, 3.63) is 29.3 Å². The molecule has 0 aliphatic carbocycles. The maximum absolute atomic E-state index is 11.4. The molecule has 0 spiro atoms. The van der Waals surface area contributed by atoms with Crippen LogP contribution in [0.3, 0.4) is 0 Å². The van der Waals surface area contributed by atoms with Crippen LogP contribution in [-0.4, -0.2) is 36.5 Å². The normalized spacial score (nSPS) is 12.3. The third-order valence-corrected chi connectivity index (χ3v) is 2.51. The second-order valence-electron chi connectivity index (χ2n) is 4.45. The number of carbonyl (C=O) groups is 1. The number of amides is 1. The van der Waals surface area contributed by atoms with Crippen LogP contribution in [0.25, 0.3) is 0 Å². The van der Waals surface area contributed by atoms with Gasteiger partial charge in [-0.05, 0) is 24.3 Å². The minimum atomic E-state index is -0.724. The monoisotopic (exact) mass is 286 g/mol. The van der Waals surface area contributed by atoms with Crippen LogP contribution in [0.5, 0.6) is 0 Å². The van der Waals surface area contributed by atoms with E-state index in [1.807, 2.05) is 13.8 Å². The Balaban J connectivity index is 2.26. The van der Waals surface area contributed by atoms with E-state index < -0.39 is 12.2 Å². The molecule has 1 aromatic carbocycles. The van der Waals surface area contributed by atoms with Crippen LogP contribution >= 0.6 is 11.6 Å². The van der Waals surface area contributed by atoms with Gasteiger partial charge in [-0.25, -0.2) is 4.79 Å². The molecular formula is C13H19ClN2O3. The quantitative estimate of drug-likeness (QED) is 0.750. The van der Waals surface area contributed by atoms with Crippen molar-refractivity contribution >= 4 is 23.4 Å². The van der Waals surface area contributed by atoms with Crippen LogP contribution < -0.4 is 10.6 Å². The number of rotatable bonds is 6. The summed E-state index contributed by atoms with van der Waals surface area (Å²) in [7, 11) is 0. The molecule has 0 aromatic heterocycles. The van der Waals surface area contributed by atoms with Crippen molar-refractivity contribution < 1.29 is 14.6 Å². The number of benzene rings is 1. The molecule has 5 nitrogen and oxygen atoms in total. The maximum atomic E-state index is 11.4. The van der Waals surface area contributed by atoms with Gasteiger partial charge in [0.25, 0.3) is 0 Å². The summed E-state index contributed by atoms with van der Waals surface area (Å²) in [5.41, 5.74) is 0.587. The number of ether oxygens (including phenoxy) is 1. The second-order valence-corrected chi connectivity index (χ2v) is 4.88. The summed E-state index contributed by atoms with van der Waals surface area (Å²) >= 11 is 5.73. The Hall–Kier alpha value is -1.30. The van der Waals surface area contributed by atoms with E-state index in [-0.39, 0.29) is 12.6 Å². The number of carbonyl (C=O) groups excluding carboxylic acids is 1. The third-order valence-electron chi connectivity index (χ3n) is 2.26. The van der Waals surface area contributed by atoms with E-state index in [4.69, 9.17) is 16.3 Å². The molecule has 0 bridgehead atoms. The van der Waals surface area contributed by atoms with Gasteiger partial charge in [0.15, 0.2) is 0 Å². The lowest BCUT2D eigenvalue weighted by Gasteiger charge is -2.14. The van der Waals surface area contributed by atoms with Crippen LogP contribution in [0.2, 0.25) is 5.02 Å². The van der Waals surface area contributed by atoms with Gasteiger partial charge in [0.1, 0.15) is 12.7 Å². The number of anilines is 1. The molecule has 1 atom stereocenters. The molecule has 0 fully saturated rings. The molecule has 0 heterocycles. The fraction of sp³-hybridized carbons (Fsp3) is 0.462. The molecule has 0 saturated carbocycles. The lowest BCUT2D eigenvalue weighted by atomic mass is 10.3. The highest BCUT2D eigenvalue weighted by molar-refractivity contribution is 6.30. The van der Waals surface area contributed by atoms with E-state index in [9.17, 15) is 9.90 Å². The summed E-state index contributed by atoms with van der Waals surface area (Å²) < 4.78 is 4.90. The average Bonchev–Trinajstić information content (AvgIpc) is 2.36. The number of hydrogen-bond acceptors (Lipinski definition) is 4. The van der Waals surface area contributed by atoms with Crippen LogP contribution in [0.15, 0.2) is 24.3 Å². The predicted octanol–water partition coefficient (Wildman–Crippen LogP) is 2.25. The van der Waals surface area contributed by atoms with E-state index in [0.29, 0.717) is 17.3 Å². The van der Waals surface area contributed by atoms with Crippen molar-refractivity contribution in [3.8, 4) is 0 Å². The largest absolute Gasteiger partial charge is 0.447 e.